The van der Waals surface area contributed by atoms with Gasteiger partial charge in [0.15, 0.2) is 0 Å². The van der Waals surface area contributed by atoms with Crippen LogP contribution in [0.4, 0.5) is 0 Å². The number of ether oxygens (including phenoxy) is 1. The van der Waals surface area contributed by atoms with Gasteiger partial charge in [0.25, 0.3) is 0 Å². The number of rotatable bonds is 3. The molecule has 3 rings (SSSR count). The fourth-order valence-electron chi connectivity index (χ4n) is 1.83. The Bertz CT molecular complexity index is 659. The van der Waals surface area contributed by atoms with Crippen molar-refractivity contribution >= 4 is 11.5 Å². The summed E-state index contributed by atoms with van der Waals surface area (Å²) in [5, 5.41) is 0. The number of nitrogens with zero attached hydrogens (tertiary/aromatic N) is 1. The van der Waals surface area contributed by atoms with Crippen molar-refractivity contribution in [2.75, 3.05) is 7.11 Å². The summed E-state index contributed by atoms with van der Waals surface area (Å²) >= 11 is 1.47. The van der Waals surface area contributed by atoms with Gasteiger partial charge in [-0.3, -0.25) is 0 Å². The Labute approximate surface area is 116 Å². The number of aromatic nitrogens is 1. The van der Waals surface area contributed by atoms with Crippen LogP contribution in [-0.4, -0.2) is 11.5 Å². The SMILES string of the molecule is COc1ccc(-c2[c]c(-c3ccccc3)sn2)cc1. The molecule has 1 radical (unpaired) electrons. The molecule has 3 aromatic rings. The van der Waals surface area contributed by atoms with E-state index >= 15 is 0 Å². The lowest BCUT2D eigenvalue weighted by Gasteiger charge is -2.00. The smallest absolute Gasteiger partial charge is 0.118 e. The average molecular weight is 266 g/mol. The topological polar surface area (TPSA) is 22.1 Å². The van der Waals surface area contributed by atoms with Gasteiger partial charge in [0.05, 0.1) is 17.7 Å². The molecule has 1 aromatic heterocycles. The Morgan fingerprint density at radius 3 is 2.37 bits per heavy atom. The molecular weight excluding hydrogens is 254 g/mol. The number of hydrogen-bond donors (Lipinski definition) is 0. The van der Waals surface area contributed by atoms with Crippen LogP contribution in [0.5, 0.6) is 5.75 Å². The number of benzene rings is 2. The summed E-state index contributed by atoms with van der Waals surface area (Å²) in [4.78, 5) is 1.06. The maximum atomic E-state index is 5.15. The van der Waals surface area contributed by atoms with E-state index in [0.717, 1.165) is 27.4 Å². The molecule has 1 heterocycles. The van der Waals surface area contributed by atoms with Crippen molar-refractivity contribution in [1.82, 2.24) is 4.37 Å². The summed E-state index contributed by atoms with van der Waals surface area (Å²) in [7, 11) is 1.66. The second-order valence-electron chi connectivity index (χ2n) is 4.08. The Hall–Kier alpha value is -2.13. The van der Waals surface area contributed by atoms with Crippen molar-refractivity contribution in [2.24, 2.45) is 0 Å². The van der Waals surface area contributed by atoms with Gasteiger partial charge >= 0.3 is 0 Å². The zero-order valence-electron chi connectivity index (χ0n) is 10.5. The van der Waals surface area contributed by atoms with Crippen LogP contribution in [0.25, 0.3) is 21.7 Å². The first-order valence-corrected chi connectivity index (χ1v) is 6.73. The highest BCUT2D eigenvalue weighted by Gasteiger charge is 2.07. The van der Waals surface area contributed by atoms with Crippen LogP contribution in [0, 0.1) is 6.07 Å². The van der Waals surface area contributed by atoms with Crippen LogP contribution >= 0.6 is 11.5 Å². The summed E-state index contributed by atoms with van der Waals surface area (Å²) in [6, 6.07) is 21.4. The van der Waals surface area contributed by atoms with Crippen LogP contribution in [0.1, 0.15) is 0 Å². The molecule has 0 fully saturated rings. The second kappa shape index (κ2) is 5.24. The van der Waals surface area contributed by atoms with Crippen LogP contribution in [0.3, 0.4) is 0 Å². The van der Waals surface area contributed by atoms with E-state index in [2.05, 4.69) is 22.6 Å². The maximum Gasteiger partial charge on any atom is 0.118 e. The van der Waals surface area contributed by atoms with Gasteiger partial charge < -0.3 is 4.74 Å². The van der Waals surface area contributed by atoms with E-state index in [9.17, 15) is 0 Å². The summed E-state index contributed by atoms with van der Waals surface area (Å²) < 4.78 is 9.62. The fraction of sp³-hybridized carbons (Fsp3) is 0.0625. The monoisotopic (exact) mass is 266 g/mol. The predicted octanol–water partition coefficient (Wildman–Crippen LogP) is 4.29. The maximum absolute atomic E-state index is 5.15. The zero-order chi connectivity index (χ0) is 13.1. The third-order valence-electron chi connectivity index (χ3n) is 2.86. The summed E-state index contributed by atoms with van der Waals surface area (Å²) in [5.41, 5.74) is 3.09. The molecule has 93 valence electrons. The van der Waals surface area contributed by atoms with Crippen molar-refractivity contribution in [2.45, 2.75) is 0 Å². The second-order valence-corrected chi connectivity index (χ2v) is 4.85. The van der Waals surface area contributed by atoms with Crippen molar-refractivity contribution in [3.63, 3.8) is 0 Å². The van der Waals surface area contributed by atoms with Crippen LogP contribution in [0.2, 0.25) is 0 Å². The first-order chi connectivity index (χ1) is 9.36. The van der Waals surface area contributed by atoms with E-state index in [0.29, 0.717) is 0 Å². The van der Waals surface area contributed by atoms with Gasteiger partial charge in [-0.05, 0) is 41.4 Å². The Morgan fingerprint density at radius 1 is 0.947 bits per heavy atom. The molecule has 0 aliphatic heterocycles. The molecule has 2 nitrogen and oxygen atoms in total. The third kappa shape index (κ3) is 2.51. The Morgan fingerprint density at radius 2 is 1.68 bits per heavy atom. The van der Waals surface area contributed by atoms with E-state index < -0.39 is 0 Å². The fourth-order valence-corrected chi connectivity index (χ4v) is 2.55. The first kappa shape index (κ1) is 11.9. The molecule has 0 unspecified atom stereocenters. The van der Waals surface area contributed by atoms with E-state index in [-0.39, 0.29) is 0 Å². The molecule has 0 spiro atoms. The van der Waals surface area contributed by atoms with Crippen molar-refractivity contribution in [3.05, 3.63) is 60.7 Å². The Kier molecular flexibility index (Phi) is 3.29. The summed E-state index contributed by atoms with van der Waals surface area (Å²) in [5.74, 6) is 0.849. The van der Waals surface area contributed by atoms with Gasteiger partial charge in [-0.25, -0.2) is 0 Å². The highest BCUT2D eigenvalue weighted by molar-refractivity contribution is 7.09. The largest absolute Gasteiger partial charge is 0.497 e. The molecule has 0 aliphatic carbocycles. The van der Waals surface area contributed by atoms with Gasteiger partial charge in [0, 0.05) is 11.6 Å². The van der Waals surface area contributed by atoms with Gasteiger partial charge in [0.2, 0.25) is 0 Å². The normalized spacial score (nSPS) is 10.4. The average Bonchev–Trinajstić information content (AvgIpc) is 2.98. The molecular formula is C16H12NOS. The summed E-state index contributed by atoms with van der Waals surface area (Å²) in [6.07, 6.45) is 0. The van der Waals surface area contributed by atoms with Crippen molar-refractivity contribution in [3.8, 4) is 27.4 Å². The first-order valence-electron chi connectivity index (χ1n) is 5.95. The minimum atomic E-state index is 0.849. The molecule has 0 bridgehead atoms. The minimum Gasteiger partial charge on any atom is -0.497 e. The molecule has 0 amide bonds. The van der Waals surface area contributed by atoms with E-state index in [1.807, 2.05) is 42.5 Å². The third-order valence-corrected chi connectivity index (χ3v) is 3.65. The van der Waals surface area contributed by atoms with E-state index in [4.69, 9.17) is 4.74 Å². The molecule has 3 heteroatoms. The highest BCUT2D eigenvalue weighted by atomic mass is 32.1. The van der Waals surface area contributed by atoms with Gasteiger partial charge in [-0.2, -0.15) is 4.37 Å². The quantitative estimate of drug-likeness (QED) is 0.705. The lowest BCUT2D eigenvalue weighted by atomic mass is 10.1. The molecule has 2 aromatic carbocycles. The lowest BCUT2D eigenvalue weighted by Crippen LogP contribution is -1.82. The highest BCUT2D eigenvalue weighted by Crippen LogP contribution is 2.29. The molecule has 0 atom stereocenters. The lowest BCUT2D eigenvalue weighted by molar-refractivity contribution is 0.415. The van der Waals surface area contributed by atoms with E-state index in [1.165, 1.54) is 11.5 Å². The number of hydrogen-bond acceptors (Lipinski definition) is 3. The van der Waals surface area contributed by atoms with Crippen molar-refractivity contribution < 1.29 is 4.74 Å². The molecule has 0 saturated carbocycles. The standard InChI is InChI=1S/C16H12NOS/c1-18-14-9-7-12(8-10-14)15-11-16(19-17-15)13-5-3-2-4-6-13/h2-10H,1H3. The van der Waals surface area contributed by atoms with Gasteiger partial charge in [0.1, 0.15) is 5.75 Å². The van der Waals surface area contributed by atoms with Gasteiger partial charge in [-0.1, -0.05) is 30.3 Å². The minimum absolute atomic E-state index is 0.849. The van der Waals surface area contributed by atoms with Crippen molar-refractivity contribution in [1.29, 1.82) is 0 Å². The predicted molar refractivity (Wildman–Crippen MR) is 78.4 cm³/mol. The molecule has 0 N–H and O–H groups in total. The number of methoxy groups -OCH3 is 1. The molecule has 19 heavy (non-hydrogen) atoms. The Balaban J connectivity index is 1.92. The van der Waals surface area contributed by atoms with Crippen LogP contribution < -0.4 is 4.74 Å². The molecule has 0 saturated heterocycles. The van der Waals surface area contributed by atoms with Crippen LogP contribution in [0.15, 0.2) is 54.6 Å². The van der Waals surface area contributed by atoms with Gasteiger partial charge in [-0.15, -0.1) is 0 Å². The zero-order valence-corrected chi connectivity index (χ0v) is 11.3. The summed E-state index contributed by atoms with van der Waals surface area (Å²) in [6.45, 7) is 0. The van der Waals surface area contributed by atoms with Crippen LogP contribution in [-0.2, 0) is 0 Å². The molecule has 0 aliphatic rings. The van der Waals surface area contributed by atoms with E-state index in [1.54, 1.807) is 7.11 Å².